The molecule has 1 N–H and O–H groups in total. The third-order valence-corrected chi connectivity index (χ3v) is 1.06. The third-order valence-electron chi connectivity index (χ3n) is 0.839. The number of nitrogens with zero attached hydrogens (tertiary/aromatic N) is 2. The maximum absolute atomic E-state index is 5.41. The van der Waals surface area contributed by atoms with Gasteiger partial charge in [-0.25, -0.2) is 9.97 Å². The minimum absolute atomic E-state index is 0.616. The van der Waals surface area contributed by atoms with E-state index in [1.54, 1.807) is 12.3 Å². The predicted molar refractivity (Wildman–Crippen MR) is 41.1 cm³/mol. The molecule has 0 aliphatic carbocycles. The van der Waals surface area contributed by atoms with Gasteiger partial charge in [0.05, 0.1) is 0 Å². The summed E-state index contributed by atoms with van der Waals surface area (Å²) >= 11 is 10.8. The molecule has 0 aliphatic heterocycles. The van der Waals surface area contributed by atoms with Gasteiger partial charge in [0.15, 0.2) is 4.96 Å². The van der Waals surface area contributed by atoms with E-state index in [-0.39, 0.29) is 0 Å². The normalized spacial score (nSPS) is 9.90. The van der Waals surface area contributed by atoms with Gasteiger partial charge in [0.25, 0.3) is 0 Å². The van der Waals surface area contributed by atoms with Gasteiger partial charge in [0.2, 0.25) is 0 Å². The smallest absolute Gasteiger partial charge is 0.178 e. The molecule has 1 heterocycles. The first-order chi connectivity index (χ1) is 4.79. The van der Waals surface area contributed by atoms with Gasteiger partial charge < -0.3 is 5.32 Å². The molecule has 0 radical (unpaired) electrons. The standard InChI is InChI=1S/C5H5Cl2N3/c6-5(7)10-4-1-2-8-3-9-4/h1-3,5H,(H,8,9,10). The summed E-state index contributed by atoms with van der Waals surface area (Å²) in [5, 5.41) is 2.68. The van der Waals surface area contributed by atoms with E-state index in [9.17, 15) is 0 Å². The number of halogens is 2. The molecule has 10 heavy (non-hydrogen) atoms. The van der Waals surface area contributed by atoms with E-state index in [0.29, 0.717) is 5.82 Å². The molecule has 3 nitrogen and oxygen atoms in total. The van der Waals surface area contributed by atoms with Gasteiger partial charge in [-0.15, -0.1) is 0 Å². The van der Waals surface area contributed by atoms with Gasteiger partial charge in [0, 0.05) is 6.20 Å². The molecule has 54 valence electrons. The van der Waals surface area contributed by atoms with Crippen LogP contribution < -0.4 is 5.32 Å². The van der Waals surface area contributed by atoms with Crippen molar-refractivity contribution in [2.45, 2.75) is 4.96 Å². The molecule has 0 saturated carbocycles. The highest BCUT2D eigenvalue weighted by molar-refractivity contribution is 6.45. The largest absolute Gasteiger partial charge is 0.342 e. The summed E-state index contributed by atoms with van der Waals surface area (Å²) in [6.45, 7) is 0. The van der Waals surface area contributed by atoms with E-state index in [1.165, 1.54) is 6.33 Å². The summed E-state index contributed by atoms with van der Waals surface area (Å²) in [4.78, 5) is 6.91. The third kappa shape index (κ3) is 2.37. The summed E-state index contributed by atoms with van der Waals surface area (Å²) in [5.41, 5.74) is 0. The Morgan fingerprint density at radius 1 is 1.50 bits per heavy atom. The topological polar surface area (TPSA) is 37.8 Å². The van der Waals surface area contributed by atoms with Gasteiger partial charge in [0.1, 0.15) is 12.1 Å². The number of anilines is 1. The average molecular weight is 178 g/mol. The first-order valence-electron chi connectivity index (χ1n) is 2.60. The molecule has 1 aromatic rings. The Balaban J connectivity index is 2.59. The molecule has 0 bridgehead atoms. The fourth-order valence-corrected chi connectivity index (χ4v) is 0.711. The molecular weight excluding hydrogens is 173 g/mol. The van der Waals surface area contributed by atoms with Crippen LogP contribution in [0.25, 0.3) is 0 Å². The van der Waals surface area contributed by atoms with E-state index in [0.717, 1.165) is 0 Å². The lowest BCUT2D eigenvalue weighted by atomic mass is 10.6. The number of hydrogen-bond donors (Lipinski definition) is 1. The van der Waals surface area contributed by atoms with Crippen molar-refractivity contribution in [2.24, 2.45) is 0 Å². The lowest BCUT2D eigenvalue weighted by Crippen LogP contribution is -2.05. The molecule has 0 atom stereocenters. The number of rotatable bonds is 2. The quantitative estimate of drug-likeness (QED) is 0.552. The van der Waals surface area contributed by atoms with Crippen LogP contribution in [0.3, 0.4) is 0 Å². The molecule has 0 unspecified atom stereocenters. The highest BCUT2D eigenvalue weighted by Crippen LogP contribution is 2.06. The summed E-state index contributed by atoms with van der Waals surface area (Å²) in [6, 6.07) is 1.68. The van der Waals surface area contributed by atoms with Crippen LogP contribution >= 0.6 is 23.2 Å². The maximum Gasteiger partial charge on any atom is 0.178 e. The zero-order chi connectivity index (χ0) is 7.40. The van der Waals surface area contributed by atoms with Gasteiger partial charge in [-0.2, -0.15) is 0 Å². The van der Waals surface area contributed by atoms with Gasteiger partial charge >= 0.3 is 0 Å². The lowest BCUT2D eigenvalue weighted by molar-refractivity contribution is 1.14. The molecule has 0 spiro atoms. The Bertz CT molecular complexity index is 189. The number of hydrogen-bond acceptors (Lipinski definition) is 3. The Hall–Kier alpha value is -0.540. The van der Waals surface area contributed by atoms with Gasteiger partial charge in [-0.05, 0) is 6.07 Å². The highest BCUT2D eigenvalue weighted by Gasteiger charge is 1.96. The van der Waals surface area contributed by atoms with Crippen molar-refractivity contribution in [3.05, 3.63) is 18.6 Å². The van der Waals surface area contributed by atoms with E-state index in [1.807, 2.05) is 0 Å². The fraction of sp³-hybridized carbons (Fsp3) is 0.200. The summed E-state index contributed by atoms with van der Waals surface area (Å²) in [7, 11) is 0. The molecular formula is C5H5Cl2N3. The van der Waals surface area contributed by atoms with Crippen LogP contribution in [-0.4, -0.2) is 14.9 Å². The molecule has 0 saturated heterocycles. The zero-order valence-electron chi connectivity index (χ0n) is 4.96. The molecule has 0 fully saturated rings. The van der Waals surface area contributed by atoms with Crippen LogP contribution in [-0.2, 0) is 0 Å². The molecule has 0 aromatic carbocycles. The van der Waals surface area contributed by atoms with E-state index in [4.69, 9.17) is 23.2 Å². The van der Waals surface area contributed by atoms with E-state index >= 15 is 0 Å². The second-order valence-electron chi connectivity index (χ2n) is 1.54. The number of nitrogens with one attached hydrogen (secondary N) is 1. The van der Waals surface area contributed by atoms with E-state index < -0.39 is 4.96 Å². The van der Waals surface area contributed by atoms with Crippen LogP contribution in [0.2, 0.25) is 0 Å². The second-order valence-corrected chi connectivity index (χ2v) is 2.64. The SMILES string of the molecule is ClC(Cl)Nc1ccncn1. The molecule has 0 amide bonds. The van der Waals surface area contributed by atoms with Crippen molar-refractivity contribution in [2.75, 3.05) is 5.32 Å². The van der Waals surface area contributed by atoms with Gasteiger partial charge in [-0.1, -0.05) is 23.2 Å². The average Bonchev–Trinajstić information content (AvgIpc) is 1.88. The molecule has 1 rings (SSSR count). The molecule has 5 heteroatoms. The maximum atomic E-state index is 5.41. The van der Waals surface area contributed by atoms with Crippen molar-refractivity contribution in [3.63, 3.8) is 0 Å². The van der Waals surface area contributed by atoms with E-state index in [2.05, 4.69) is 15.3 Å². The van der Waals surface area contributed by atoms with Crippen LogP contribution in [0.1, 0.15) is 0 Å². The van der Waals surface area contributed by atoms with Crippen LogP contribution in [0, 0.1) is 0 Å². The number of aromatic nitrogens is 2. The monoisotopic (exact) mass is 177 g/mol. The van der Waals surface area contributed by atoms with Crippen LogP contribution in [0.4, 0.5) is 5.82 Å². The van der Waals surface area contributed by atoms with Crippen molar-refractivity contribution >= 4 is 29.0 Å². The highest BCUT2D eigenvalue weighted by atomic mass is 35.5. The van der Waals surface area contributed by atoms with Crippen molar-refractivity contribution in [3.8, 4) is 0 Å². The summed E-state index contributed by atoms with van der Waals surface area (Å²) < 4.78 is 0. The second kappa shape index (κ2) is 3.58. The first kappa shape index (κ1) is 7.57. The van der Waals surface area contributed by atoms with Crippen molar-refractivity contribution in [1.29, 1.82) is 0 Å². The Morgan fingerprint density at radius 2 is 2.30 bits per heavy atom. The zero-order valence-corrected chi connectivity index (χ0v) is 6.47. The van der Waals surface area contributed by atoms with Crippen molar-refractivity contribution in [1.82, 2.24) is 9.97 Å². The molecule has 0 aliphatic rings. The fourth-order valence-electron chi connectivity index (χ4n) is 0.488. The molecule has 1 aromatic heterocycles. The van der Waals surface area contributed by atoms with Crippen LogP contribution in [0.5, 0.6) is 0 Å². The Kier molecular flexibility index (Phi) is 2.71. The minimum Gasteiger partial charge on any atom is -0.342 e. The Morgan fingerprint density at radius 3 is 2.80 bits per heavy atom. The summed E-state index contributed by atoms with van der Waals surface area (Å²) in [6.07, 6.45) is 3.02. The lowest BCUT2D eigenvalue weighted by Gasteiger charge is -2.02. The summed E-state index contributed by atoms with van der Waals surface area (Å²) in [5.74, 6) is 0.616. The Labute approximate surface area is 68.4 Å². The first-order valence-corrected chi connectivity index (χ1v) is 3.47. The van der Waals surface area contributed by atoms with Crippen LogP contribution in [0.15, 0.2) is 18.6 Å². The minimum atomic E-state index is -0.630. The predicted octanol–water partition coefficient (Wildman–Crippen LogP) is 1.65. The van der Waals surface area contributed by atoms with Crippen molar-refractivity contribution < 1.29 is 0 Å². The van der Waals surface area contributed by atoms with Gasteiger partial charge in [-0.3, -0.25) is 0 Å². The number of alkyl halides is 2.